The minimum atomic E-state index is 0.148. The Hall–Kier alpha value is -2.47. The Balaban J connectivity index is 2.21. The van der Waals surface area contributed by atoms with Crippen molar-refractivity contribution in [1.82, 2.24) is 4.98 Å². The van der Waals surface area contributed by atoms with Gasteiger partial charge in [-0.2, -0.15) is 0 Å². The molecule has 1 unspecified atom stereocenters. The van der Waals surface area contributed by atoms with Crippen LogP contribution in [0.2, 0.25) is 0 Å². The van der Waals surface area contributed by atoms with Gasteiger partial charge in [-0.1, -0.05) is 45.1 Å². The molecule has 1 atom stereocenters. The highest BCUT2D eigenvalue weighted by Crippen LogP contribution is 2.28. The van der Waals surface area contributed by atoms with E-state index in [0.29, 0.717) is 17.6 Å². The number of hydrogen-bond acceptors (Lipinski definition) is 4. The first kappa shape index (κ1) is 21.8. The van der Waals surface area contributed by atoms with E-state index < -0.39 is 0 Å². The molecule has 0 amide bonds. The molecule has 0 radical (unpaired) electrons. The monoisotopic (exact) mass is 398 g/mol. The summed E-state index contributed by atoms with van der Waals surface area (Å²) in [6.07, 6.45) is 1.65. The summed E-state index contributed by atoms with van der Waals surface area (Å²) in [5.41, 5.74) is 11.2. The Morgan fingerprint density at radius 2 is 2.04 bits per heavy atom. The van der Waals surface area contributed by atoms with Crippen molar-refractivity contribution in [1.29, 1.82) is 0 Å². The summed E-state index contributed by atoms with van der Waals surface area (Å²) in [6.45, 7) is 8.89. The van der Waals surface area contributed by atoms with Crippen molar-refractivity contribution in [2.75, 3.05) is 12.4 Å². The first-order valence-corrected chi connectivity index (χ1v) is 9.88. The van der Waals surface area contributed by atoms with Crippen molar-refractivity contribution in [2.45, 2.75) is 46.6 Å². The molecule has 28 heavy (non-hydrogen) atoms. The van der Waals surface area contributed by atoms with E-state index in [1.807, 2.05) is 24.3 Å². The van der Waals surface area contributed by atoms with Crippen molar-refractivity contribution in [2.24, 2.45) is 16.1 Å². The van der Waals surface area contributed by atoms with Crippen molar-refractivity contribution < 1.29 is 4.74 Å². The number of nitrogens with one attached hydrogen (secondary N) is 1. The number of hydrogen-bond donors (Lipinski definition) is 2. The van der Waals surface area contributed by atoms with E-state index in [0.717, 1.165) is 30.0 Å². The average Bonchev–Trinajstić information content (AvgIpc) is 2.66. The van der Waals surface area contributed by atoms with Gasteiger partial charge in [0.05, 0.1) is 12.6 Å². The molecule has 0 aliphatic rings. The molecular weight excluding hydrogens is 368 g/mol. The number of aliphatic imine (C=N–C) groups is 1. The Bertz CT molecular complexity index is 843. The van der Waals surface area contributed by atoms with Crippen molar-refractivity contribution in [3.8, 4) is 5.75 Å². The van der Waals surface area contributed by atoms with Crippen LogP contribution in [-0.4, -0.2) is 29.5 Å². The summed E-state index contributed by atoms with van der Waals surface area (Å²) in [5, 5.41) is 3.65. The highest BCUT2D eigenvalue weighted by Gasteiger charge is 2.20. The van der Waals surface area contributed by atoms with Gasteiger partial charge >= 0.3 is 0 Å². The zero-order valence-corrected chi connectivity index (χ0v) is 18.1. The lowest BCUT2D eigenvalue weighted by molar-refractivity contribution is 0.359. The number of rotatable bonds is 8. The van der Waals surface area contributed by atoms with Crippen LogP contribution in [0.5, 0.6) is 5.75 Å². The Morgan fingerprint density at radius 3 is 2.68 bits per heavy atom. The lowest BCUT2D eigenvalue weighted by Crippen LogP contribution is -2.31. The number of amidine groups is 1. The quantitative estimate of drug-likeness (QED) is 0.392. The average molecular weight is 399 g/mol. The molecule has 1 aromatic carbocycles. The number of thiocarbonyl (C=S) groups is 1. The second-order valence-electron chi connectivity index (χ2n) is 7.89. The van der Waals surface area contributed by atoms with E-state index >= 15 is 0 Å². The fourth-order valence-electron chi connectivity index (χ4n) is 2.63. The van der Waals surface area contributed by atoms with E-state index in [1.165, 1.54) is 11.1 Å². The largest absolute Gasteiger partial charge is 0.497 e. The number of methoxy groups -OCH3 is 1. The molecular formula is C22H30N4OS. The molecule has 0 aliphatic carbocycles. The number of anilines is 1. The lowest BCUT2D eigenvalue weighted by atomic mass is 9.87. The van der Waals surface area contributed by atoms with Gasteiger partial charge in [0.2, 0.25) is 0 Å². The van der Waals surface area contributed by atoms with Gasteiger partial charge in [-0.15, -0.1) is 0 Å². The van der Waals surface area contributed by atoms with Crippen LogP contribution >= 0.6 is 12.2 Å². The maximum absolute atomic E-state index is 5.90. The Labute approximate surface area is 173 Å². The molecule has 150 valence electrons. The third-order valence-electron chi connectivity index (χ3n) is 4.90. The highest BCUT2D eigenvalue weighted by atomic mass is 32.1. The Morgan fingerprint density at radius 1 is 1.29 bits per heavy atom. The van der Waals surface area contributed by atoms with Crippen LogP contribution in [0.4, 0.5) is 5.69 Å². The van der Waals surface area contributed by atoms with Crippen LogP contribution in [0.25, 0.3) is 0 Å². The fraction of sp³-hybridized carbons (Fsp3) is 0.409. The van der Waals surface area contributed by atoms with E-state index in [1.54, 1.807) is 7.11 Å². The van der Waals surface area contributed by atoms with Gasteiger partial charge in [-0.05, 0) is 48.9 Å². The summed E-state index contributed by atoms with van der Waals surface area (Å²) in [5.74, 6) is 1.18. The maximum Gasteiger partial charge on any atom is 0.150 e. The van der Waals surface area contributed by atoms with E-state index in [4.69, 9.17) is 22.7 Å². The third kappa shape index (κ3) is 6.02. The predicted octanol–water partition coefficient (Wildman–Crippen LogP) is 4.38. The number of benzene rings is 1. The van der Waals surface area contributed by atoms with Gasteiger partial charge in [0, 0.05) is 23.5 Å². The normalized spacial score (nSPS) is 13.1. The van der Waals surface area contributed by atoms with Crippen LogP contribution in [0, 0.1) is 5.41 Å². The molecule has 3 N–H and O–H groups in total. The minimum absolute atomic E-state index is 0.148. The van der Waals surface area contributed by atoms with Crippen molar-refractivity contribution >= 4 is 29.2 Å². The second kappa shape index (κ2) is 9.64. The molecule has 0 fully saturated rings. The standard InChI is InChI=1S/C22H30N4OS/c1-15(22(2,3)4)25-20-13-18(27-5)12-10-16(20)9-11-17-7-6-8-19(26-17)21(23)24-14-28/h6-8,10,12-15,25H,9,11H2,1-5H3,(H2,23,24,28). The van der Waals surface area contributed by atoms with Crippen LogP contribution in [0.15, 0.2) is 41.4 Å². The third-order valence-corrected chi connectivity index (χ3v) is 5.00. The number of aryl methyl sites for hydroxylation is 2. The molecule has 2 aromatic rings. The summed E-state index contributed by atoms with van der Waals surface area (Å²) >= 11 is 4.73. The van der Waals surface area contributed by atoms with Crippen molar-refractivity contribution in [3.05, 3.63) is 53.3 Å². The summed E-state index contributed by atoms with van der Waals surface area (Å²) in [7, 11) is 1.69. The predicted molar refractivity (Wildman–Crippen MR) is 122 cm³/mol. The van der Waals surface area contributed by atoms with E-state index in [-0.39, 0.29) is 5.41 Å². The zero-order chi connectivity index (χ0) is 20.7. The number of aromatic nitrogens is 1. The molecule has 6 heteroatoms. The van der Waals surface area contributed by atoms with Gasteiger partial charge in [0.1, 0.15) is 17.3 Å². The molecule has 5 nitrogen and oxygen atoms in total. The van der Waals surface area contributed by atoms with Crippen LogP contribution in [0.1, 0.15) is 44.6 Å². The highest BCUT2D eigenvalue weighted by molar-refractivity contribution is 7.78. The molecule has 0 aliphatic heterocycles. The Kier molecular flexibility index (Phi) is 7.52. The number of nitrogens with zero attached hydrogens (tertiary/aromatic N) is 2. The lowest BCUT2D eigenvalue weighted by Gasteiger charge is -2.30. The van der Waals surface area contributed by atoms with Gasteiger partial charge in [0.15, 0.2) is 0 Å². The first-order valence-electron chi connectivity index (χ1n) is 9.41. The molecule has 2 rings (SSSR count). The molecule has 0 saturated heterocycles. The van der Waals surface area contributed by atoms with Crippen LogP contribution in [0.3, 0.4) is 0 Å². The minimum Gasteiger partial charge on any atom is -0.497 e. The number of nitrogens with two attached hydrogens (primary N) is 1. The smallest absolute Gasteiger partial charge is 0.150 e. The van der Waals surface area contributed by atoms with E-state index in [2.05, 4.69) is 55.1 Å². The first-order chi connectivity index (χ1) is 13.2. The summed E-state index contributed by atoms with van der Waals surface area (Å²) < 4.78 is 5.41. The molecule has 0 spiro atoms. The van der Waals surface area contributed by atoms with E-state index in [9.17, 15) is 0 Å². The second-order valence-corrected chi connectivity index (χ2v) is 8.10. The van der Waals surface area contributed by atoms with Gasteiger partial charge < -0.3 is 15.8 Å². The summed E-state index contributed by atoms with van der Waals surface area (Å²) in [4.78, 5) is 8.54. The fourth-order valence-corrected chi connectivity index (χ4v) is 2.75. The summed E-state index contributed by atoms with van der Waals surface area (Å²) in [6, 6.07) is 12.3. The molecule has 1 aromatic heterocycles. The molecule has 0 saturated carbocycles. The van der Waals surface area contributed by atoms with Crippen LogP contribution < -0.4 is 15.8 Å². The zero-order valence-electron chi connectivity index (χ0n) is 17.3. The van der Waals surface area contributed by atoms with Gasteiger partial charge in [-0.3, -0.25) is 0 Å². The number of ether oxygens (including phenoxy) is 1. The van der Waals surface area contributed by atoms with Gasteiger partial charge in [-0.25, -0.2) is 9.98 Å². The molecule has 1 heterocycles. The number of pyridine rings is 1. The SMILES string of the molecule is COc1ccc(CCc2cccc(C(N)=NC=S)n2)c(NC(C)C(C)(C)C)c1. The maximum atomic E-state index is 5.90. The van der Waals surface area contributed by atoms with Crippen molar-refractivity contribution in [3.63, 3.8) is 0 Å². The van der Waals surface area contributed by atoms with Crippen LogP contribution in [-0.2, 0) is 12.8 Å². The molecule has 0 bridgehead atoms. The topological polar surface area (TPSA) is 72.5 Å². The van der Waals surface area contributed by atoms with Gasteiger partial charge in [0.25, 0.3) is 0 Å².